The molecule has 1 rings (SSSR count). The van der Waals surface area contributed by atoms with Crippen LogP contribution in [-0.4, -0.2) is 27.4 Å². The lowest BCUT2D eigenvalue weighted by atomic mass is 9.81. The summed E-state index contributed by atoms with van der Waals surface area (Å²) in [7, 11) is 2.87. The van der Waals surface area contributed by atoms with E-state index in [-0.39, 0.29) is 0 Å². The molecule has 1 fully saturated rings. The highest BCUT2D eigenvalue weighted by Crippen LogP contribution is 1.95. The van der Waals surface area contributed by atoms with Crippen molar-refractivity contribution in [1.82, 2.24) is 15.0 Å². The standard InChI is InChI=1S/C6H16B3N3/c1-2-3-4-5-6-12-8-10-7-11-9-12/h5-11H,2-4H2,1H3. The Morgan fingerprint density at radius 3 is 2.75 bits per heavy atom. The van der Waals surface area contributed by atoms with Gasteiger partial charge >= 0.3 is 0 Å². The van der Waals surface area contributed by atoms with E-state index in [9.17, 15) is 0 Å². The Morgan fingerprint density at radius 2 is 2.08 bits per heavy atom. The Bertz CT molecular complexity index is 136. The molecule has 0 spiro atoms. The van der Waals surface area contributed by atoms with Crippen LogP contribution in [0, 0.1) is 0 Å². The van der Waals surface area contributed by atoms with Gasteiger partial charge in [0.2, 0.25) is 0 Å². The van der Waals surface area contributed by atoms with Crippen LogP contribution in [-0.2, 0) is 0 Å². The zero-order valence-electron chi connectivity index (χ0n) is 7.84. The summed E-state index contributed by atoms with van der Waals surface area (Å²) in [4.78, 5) is 0. The molecule has 0 saturated carbocycles. The lowest BCUT2D eigenvalue weighted by molar-refractivity contribution is 0.799. The number of nitrogens with zero attached hydrogens (tertiary/aromatic N) is 1. The van der Waals surface area contributed by atoms with Gasteiger partial charge in [0.25, 0.3) is 22.6 Å². The van der Waals surface area contributed by atoms with Crippen LogP contribution in [0.2, 0.25) is 0 Å². The number of rotatable bonds is 4. The zero-order valence-corrected chi connectivity index (χ0v) is 7.84. The molecule has 1 aliphatic heterocycles. The van der Waals surface area contributed by atoms with Gasteiger partial charge < -0.3 is 15.0 Å². The summed E-state index contributed by atoms with van der Waals surface area (Å²) in [5.74, 6) is 0. The third-order valence-electron chi connectivity index (χ3n) is 1.92. The Morgan fingerprint density at radius 1 is 1.33 bits per heavy atom. The molecule has 64 valence electrons. The Kier molecular flexibility index (Phi) is 5.03. The predicted octanol–water partition coefficient (Wildman–Crippen LogP) is -1.02. The van der Waals surface area contributed by atoms with E-state index in [0.29, 0.717) is 0 Å². The predicted molar refractivity (Wildman–Crippen MR) is 58.2 cm³/mol. The fourth-order valence-corrected chi connectivity index (χ4v) is 1.19. The SMILES string of the molecule is CCCCC=CN1BNBNB1. The van der Waals surface area contributed by atoms with Gasteiger partial charge in [-0.05, 0) is 12.6 Å². The van der Waals surface area contributed by atoms with Crippen molar-refractivity contribution >= 4 is 22.6 Å². The van der Waals surface area contributed by atoms with E-state index in [4.69, 9.17) is 0 Å². The van der Waals surface area contributed by atoms with Crippen LogP contribution in [0.3, 0.4) is 0 Å². The molecule has 1 aliphatic rings. The van der Waals surface area contributed by atoms with Crippen LogP contribution >= 0.6 is 0 Å². The maximum absolute atomic E-state index is 3.24. The van der Waals surface area contributed by atoms with Gasteiger partial charge in [-0.3, -0.25) is 0 Å². The summed E-state index contributed by atoms with van der Waals surface area (Å²) in [5, 5.41) is 6.48. The van der Waals surface area contributed by atoms with Crippen molar-refractivity contribution in [3.63, 3.8) is 0 Å². The Balaban J connectivity index is 2.07. The molecule has 0 unspecified atom stereocenters. The largest absolute Gasteiger partial charge is 0.447 e. The summed E-state index contributed by atoms with van der Waals surface area (Å²) in [6.07, 6.45) is 8.20. The van der Waals surface area contributed by atoms with Crippen molar-refractivity contribution in [2.24, 2.45) is 0 Å². The Labute approximate surface area is 76.8 Å². The van der Waals surface area contributed by atoms with Gasteiger partial charge in [-0.25, -0.2) is 0 Å². The van der Waals surface area contributed by atoms with Gasteiger partial charge in [0.05, 0.1) is 0 Å². The molecule has 0 radical (unpaired) electrons. The summed E-state index contributed by atoms with van der Waals surface area (Å²) in [6.45, 7) is 2.22. The van der Waals surface area contributed by atoms with Crippen LogP contribution in [0.5, 0.6) is 0 Å². The molecule has 1 saturated heterocycles. The van der Waals surface area contributed by atoms with Gasteiger partial charge in [0.15, 0.2) is 0 Å². The minimum Gasteiger partial charge on any atom is -0.447 e. The maximum atomic E-state index is 3.24. The van der Waals surface area contributed by atoms with Crippen molar-refractivity contribution in [3.05, 3.63) is 12.3 Å². The molecule has 0 atom stereocenters. The van der Waals surface area contributed by atoms with Crippen LogP contribution in [0.4, 0.5) is 0 Å². The van der Waals surface area contributed by atoms with Gasteiger partial charge in [-0.15, -0.1) is 0 Å². The third-order valence-corrected chi connectivity index (χ3v) is 1.92. The van der Waals surface area contributed by atoms with E-state index in [2.05, 4.69) is 34.2 Å². The number of allylic oxidation sites excluding steroid dienone is 1. The molecule has 0 amide bonds. The summed E-state index contributed by atoms with van der Waals surface area (Å²) in [5.41, 5.74) is 0. The second-order valence-electron chi connectivity index (χ2n) is 3.11. The molecule has 0 aromatic carbocycles. The van der Waals surface area contributed by atoms with Crippen molar-refractivity contribution in [2.45, 2.75) is 26.2 Å². The van der Waals surface area contributed by atoms with Crippen LogP contribution in [0.25, 0.3) is 0 Å². The van der Waals surface area contributed by atoms with Crippen LogP contribution in [0.1, 0.15) is 26.2 Å². The highest BCUT2D eigenvalue weighted by molar-refractivity contribution is 6.65. The number of nitrogens with one attached hydrogen (secondary N) is 2. The first-order valence-corrected chi connectivity index (χ1v) is 4.75. The smallest absolute Gasteiger partial charge is 0.298 e. The first-order valence-electron chi connectivity index (χ1n) is 4.75. The number of hydrogen-bond acceptors (Lipinski definition) is 3. The summed E-state index contributed by atoms with van der Waals surface area (Å²) < 4.78 is 2.24. The minimum atomic E-state index is 0.930. The molecule has 3 nitrogen and oxygen atoms in total. The lowest BCUT2D eigenvalue weighted by Crippen LogP contribution is -2.55. The molecule has 0 aromatic heterocycles. The zero-order chi connectivity index (χ0) is 8.65. The maximum Gasteiger partial charge on any atom is 0.298 e. The molecular weight excluding hydrogens is 147 g/mol. The van der Waals surface area contributed by atoms with Gasteiger partial charge in [0.1, 0.15) is 0 Å². The van der Waals surface area contributed by atoms with Crippen molar-refractivity contribution in [2.75, 3.05) is 0 Å². The quantitative estimate of drug-likeness (QED) is 0.410. The molecule has 0 aromatic rings. The highest BCUT2D eigenvalue weighted by atomic mass is 15.1. The van der Waals surface area contributed by atoms with Crippen molar-refractivity contribution < 1.29 is 0 Å². The fourth-order valence-electron chi connectivity index (χ4n) is 1.19. The second kappa shape index (κ2) is 6.20. The van der Waals surface area contributed by atoms with Gasteiger partial charge in [-0.1, -0.05) is 25.8 Å². The average molecular weight is 163 g/mol. The second-order valence-corrected chi connectivity index (χ2v) is 3.11. The summed E-state index contributed by atoms with van der Waals surface area (Å²) in [6, 6.07) is 0. The van der Waals surface area contributed by atoms with E-state index in [0.717, 1.165) is 22.6 Å². The van der Waals surface area contributed by atoms with Crippen LogP contribution in [0.15, 0.2) is 12.3 Å². The third kappa shape index (κ3) is 3.88. The van der Waals surface area contributed by atoms with E-state index in [1.807, 2.05) is 0 Å². The first-order chi connectivity index (χ1) is 5.93. The number of unbranched alkanes of at least 4 members (excludes halogenated alkanes) is 2. The molecule has 1 heterocycles. The van der Waals surface area contributed by atoms with Crippen LogP contribution < -0.4 is 10.3 Å². The van der Waals surface area contributed by atoms with Crippen molar-refractivity contribution in [1.29, 1.82) is 0 Å². The number of hydrogen-bond donors (Lipinski definition) is 2. The molecule has 0 bridgehead atoms. The molecule has 2 N–H and O–H groups in total. The topological polar surface area (TPSA) is 27.3 Å². The first kappa shape index (κ1) is 9.74. The molecule has 12 heavy (non-hydrogen) atoms. The lowest BCUT2D eigenvalue weighted by Gasteiger charge is -2.23. The normalized spacial score (nSPS) is 16.9. The average Bonchev–Trinajstić information content (AvgIpc) is 2.14. The Hall–Kier alpha value is -0.345. The minimum absolute atomic E-state index is 0.930. The fraction of sp³-hybridized carbons (Fsp3) is 0.667. The molecule has 6 heteroatoms. The van der Waals surface area contributed by atoms with E-state index in [1.165, 1.54) is 19.3 Å². The molecular formula is C6H16B3N3. The van der Waals surface area contributed by atoms with Gasteiger partial charge in [0, 0.05) is 0 Å². The van der Waals surface area contributed by atoms with E-state index < -0.39 is 0 Å². The summed E-state index contributed by atoms with van der Waals surface area (Å²) >= 11 is 0. The van der Waals surface area contributed by atoms with E-state index in [1.54, 1.807) is 0 Å². The molecule has 0 aliphatic carbocycles. The van der Waals surface area contributed by atoms with Gasteiger partial charge in [-0.2, -0.15) is 0 Å². The highest BCUT2D eigenvalue weighted by Gasteiger charge is 2.08. The monoisotopic (exact) mass is 163 g/mol. The van der Waals surface area contributed by atoms with Crippen molar-refractivity contribution in [3.8, 4) is 0 Å². The van der Waals surface area contributed by atoms with E-state index >= 15 is 0 Å².